The van der Waals surface area contributed by atoms with E-state index in [2.05, 4.69) is 56.8 Å². The first-order valence-electron chi connectivity index (χ1n) is 8.09. The van der Waals surface area contributed by atoms with Crippen molar-refractivity contribution in [3.05, 3.63) is 0 Å². The van der Waals surface area contributed by atoms with E-state index in [1.165, 1.54) is 32.5 Å². The van der Waals surface area contributed by atoms with Gasteiger partial charge in [-0.2, -0.15) is 0 Å². The van der Waals surface area contributed by atoms with Gasteiger partial charge in [0.2, 0.25) is 0 Å². The second-order valence-corrected chi connectivity index (χ2v) is 6.88. The highest BCUT2D eigenvalue weighted by atomic mass is 15.2. The average Bonchev–Trinajstić information content (AvgIpc) is 2.35. The molecular formula is C16H35N3. The summed E-state index contributed by atoms with van der Waals surface area (Å²) in [5.74, 6) is 0.738. The third kappa shape index (κ3) is 5.80. The fraction of sp³-hybridized carbons (Fsp3) is 1.00. The maximum atomic E-state index is 3.67. The quantitative estimate of drug-likeness (QED) is 0.716. The lowest BCUT2D eigenvalue weighted by atomic mass is 9.99. The number of hydrogen-bond donors (Lipinski definition) is 1. The summed E-state index contributed by atoms with van der Waals surface area (Å²) >= 11 is 0. The van der Waals surface area contributed by atoms with Crippen LogP contribution in [-0.2, 0) is 0 Å². The standard InChI is InChI=1S/C16H35N3/c1-13(2)16-12-19(15(5)11-17-16)10-8-7-9-18(6)14(3)4/h13-17H,7-12H2,1-6H3. The molecule has 0 radical (unpaired) electrons. The first kappa shape index (κ1) is 16.9. The molecule has 3 nitrogen and oxygen atoms in total. The van der Waals surface area contributed by atoms with E-state index in [0.29, 0.717) is 18.1 Å². The van der Waals surface area contributed by atoms with E-state index >= 15 is 0 Å². The molecule has 3 heteroatoms. The predicted octanol–water partition coefficient (Wildman–Crippen LogP) is 2.43. The van der Waals surface area contributed by atoms with Gasteiger partial charge in [-0.25, -0.2) is 0 Å². The highest BCUT2D eigenvalue weighted by Crippen LogP contribution is 2.13. The van der Waals surface area contributed by atoms with Crippen LogP contribution in [0.2, 0.25) is 0 Å². The van der Waals surface area contributed by atoms with Crippen LogP contribution in [0.25, 0.3) is 0 Å². The summed E-state index contributed by atoms with van der Waals surface area (Å²) in [4.78, 5) is 5.12. The first-order valence-corrected chi connectivity index (χ1v) is 8.09. The van der Waals surface area contributed by atoms with E-state index in [4.69, 9.17) is 0 Å². The smallest absolute Gasteiger partial charge is 0.0218 e. The van der Waals surface area contributed by atoms with Crippen molar-refractivity contribution in [3.8, 4) is 0 Å². The second-order valence-electron chi connectivity index (χ2n) is 6.88. The molecule has 1 saturated heterocycles. The molecule has 2 atom stereocenters. The Bertz CT molecular complexity index is 240. The Hall–Kier alpha value is -0.120. The molecule has 1 rings (SSSR count). The number of nitrogens with one attached hydrogen (secondary N) is 1. The molecule has 1 heterocycles. The molecule has 0 aliphatic carbocycles. The Labute approximate surface area is 120 Å². The Kier molecular flexibility index (Phi) is 7.33. The number of nitrogens with zero attached hydrogens (tertiary/aromatic N) is 2. The molecule has 0 aromatic rings. The van der Waals surface area contributed by atoms with Crippen molar-refractivity contribution >= 4 is 0 Å². The van der Waals surface area contributed by atoms with E-state index in [0.717, 1.165) is 12.5 Å². The molecular weight excluding hydrogens is 234 g/mol. The van der Waals surface area contributed by atoms with Gasteiger partial charge < -0.3 is 10.2 Å². The number of piperazine rings is 1. The lowest BCUT2D eigenvalue weighted by molar-refractivity contribution is 0.119. The Morgan fingerprint density at radius 2 is 1.89 bits per heavy atom. The van der Waals surface area contributed by atoms with Crippen molar-refractivity contribution in [3.63, 3.8) is 0 Å². The van der Waals surface area contributed by atoms with Gasteiger partial charge in [0.05, 0.1) is 0 Å². The Morgan fingerprint density at radius 1 is 1.21 bits per heavy atom. The number of rotatable bonds is 7. The molecule has 0 bridgehead atoms. The first-order chi connectivity index (χ1) is 8.91. The molecule has 0 saturated carbocycles. The topological polar surface area (TPSA) is 18.5 Å². The Balaban J connectivity index is 2.23. The van der Waals surface area contributed by atoms with E-state index in [1.54, 1.807) is 0 Å². The van der Waals surface area contributed by atoms with Gasteiger partial charge in [0.1, 0.15) is 0 Å². The van der Waals surface area contributed by atoms with Crippen molar-refractivity contribution in [1.82, 2.24) is 15.1 Å². The maximum absolute atomic E-state index is 3.67. The molecule has 1 N–H and O–H groups in total. The van der Waals surface area contributed by atoms with E-state index in [-0.39, 0.29) is 0 Å². The molecule has 114 valence electrons. The SMILES string of the molecule is CC(C)C1CN(CCCCN(C)C(C)C)C(C)CN1. The van der Waals surface area contributed by atoms with Crippen LogP contribution in [0, 0.1) is 5.92 Å². The van der Waals surface area contributed by atoms with Crippen molar-refractivity contribution < 1.29 is 0 Å². The third-order valence-electron chi connectivity index (χ3n) is 4.62. The molecule has 1 aliphatic rings. The van der Waals surface area contributed by atoms with Crippen LogP contribution in [0.5, 0.6) is 0 Å². The fourth-order valence-electron chi connectivity index (χ4n) is 2.64. The van der Waals surface area contributed by atoms with Gasteiger partial charge in [0, 0.05) is 31.2 Å². The van der Waals surface area contributed by atoms with Gasteiger partial charge in [-0.05, 0) is 59.7 Å². The lowest BCUT2D eigenvalue weighted by Crippen LogP contribution is -2.57. The molecule has 1 fully saturated rings. The summed E-state index contributed by atoms with van der Waals surface area (Å²) < 4.78 is 0. The molecule has 0 amide bonds. The van der Waals surface area contributed by atoms with E-state index in [9.17, 15) is 0 Å². The normalized spacial score (nSPS) is 25.7. The number of unbranched alkanes of at least 4 members (excludes halogenated alkanes) is 1. The van der Waals surface area contributed by atoms with E-state index < -0.39 is 0 Å². The zero-order valence-electron chi connectivity index (χ0n) is 13.9. The molecule has 2 unspecified atom stereocenters. The van der Waals surface area contributed by atoms with Gasteiger partial charge in [-0.1, -0.05) is 13.8 Å². The molecule has 19 heavy (non-hydrogen) atoms. The van der Waals surface area contributed by atoms with Gasteiger partial charge in [-0.3, -0.25) is 4.90 Å². The van der Waals surface area contributed by atoms with Gasteiger partial charge in [-0.15, -0.1) is 0 Å². The van der Waals surface area contributed by atoms with Crippen molar-refractivity contribution in [2.24, 2.45) is 5.92 Å². The van der Waals surface area contributed by atoms with Crippen molar-refractivity contribution in [2.45, 2.75) is 65.6 Å². The summed E-state index contributed by atoms with van der Waals surface area (Å²) in [6, 6.07) is 2.04. The average molecular weight is 269 g/mol. The maximum Gasteiger partial charge on any atom is 0.0218 e. The number of hydrogen-bond acceptors (Lipinski definition) is 3. The van der Waals surface area contributed by atoms with Crippen LogP contribution >= 0.6 is 0 Å². The zero-order valence-corrected chi connectivity index (χ0v) is 13.9. The second kappa shape index (κ2) is 8.23. The van der Waals surface area contributed by atoms with Gasteiger partial charge >= 0.3 is 0 Å². The largest absolute Gasteiger partial charge is 0.311 e. The zero-order chi connectivity index (χ0) is 14.4. The Morgan fingerprint density at radius 3 is 2.47 bits per heavy atom. The highest BCUT2D eigenvalue weighted by molar-refractivity contribution is 4.85. The molecule has 0 spiro atoms. The van der Waals surface area contributed by atoms with Crippen LogP contribution in [0.4, 0.5) is 0 Å². The summed E-state index contributed by atoms with van der Waals surface area (Å²) in [5.41, 5.74) is 0. The minimum absolute atomic E-state index is 0.670. The van der Waals surface area contributed by atoms with Crippen molar-refractivity contribution in [1.29, 1.82) is 0 Å². The summed E-state index contributed by atoms with van der Waals surface area (Å²) in [7, 11) is 2.23. The minimum Gasteiger partial charge on any atom is -0.311 e. The van der Waals surface area contributed by atoms with Crippen LogP contribution in [0.15, 0.2) is 0 Å². The summed E-state index contributed by atoms with van der Waals surface area (Å²) in [6.07, 6.45) is 2.64. The van der Waals surface area contributed by atoms with Crippen LogP contribution < -0.4 is 5.32 Å². The van der Waals surface area contributed by atoms with Gasteiger partial charge in [0.25, 0.3) is 0 Å². The predicted molar refractivity (Wildman–Crippen MR) is 84.7 cm³/mol. The summed E-state index contributed by atoms with van der Waals surface area (Å²) in [5, 5.41) is 3.67. The van der Waals surface area contributed by atoms with E-state index in [1.807, 2.05) is 0 Å². The van der Waals surface area contributed by atoms with Crippen LogP contribution in [-0.4, -0.2) is 61.2 Å². The summed E-state index contributed by atoms with van der Waals surface area (Å²) in [6.45, 7) is 16.4. The molecule has 0 aromatic carbocycles. The molecule has 0 aromatic heterocycles. The molecule has 1 aliphatic heterocycles. The monoisotopic (exact) mass is 269 g/mol. The van der Waals surface area contributed by atoms with Crippen LogP contribution in [0.3, 0.4) is 0 Å². The van der Waals surface area contributed by atoms with Gasteiger partial charge in [0.15, 0.2) is 0 Å². The minimum atomic E-state index is 0.670. The fourth-order valence-corrected chi connectivity index (χ4v) is 2.64. The lowest BCUT2D eigenvalue weighted by Gasteiger charge is -2.40. The third-order valence-corrected chi connectivity index (χ3v) is 4.62. The van der Waals surface area contributed by atoms with Crippen LogP contribution in [0.1, 0.15) is 47.5 Å². The van der Waals surface area contributed by atoms with Crippen molar-refractivity contribution in [2.75, 3.05) is 33.2 Å². The highest BCUT2D eigenvalue weighted by Gasteiger charge is 2.25.